The Labute approximate surface area is 383 Å². The highest BCUT2D eigenvalue weighted by atomic mass is 16.5. The van der Waals surface area contributed by atoms with Gasteiger partial charge in [-0.2, -0.15) is 0 Å². The standard InChI is InChI=1S/C60H56N4O/c1-40(2)32-42-16-12-18-44(34-42)50-23-15-24-51(45-19-13-17-43(35-45)33-41(3)4)59(50)63-39-62(55-26-10-11-27-56(55)63)47-20-14-21-48(37-47)65-49-28-29-53-52-22-8-9-25-54(52)64(57(53)38-49)58-36-46(30-31-61-58)60(5,6)7/h8-31,34-38,40-41H,32-33H2,1-7H3. The van der Waals surface area contributed by atoms with Crippen LogP contribution in [0.3, 0.4) is 0 Å². The number of hydrogen-bond donors (Lipinski definition) is 0. The van der Waals surface area contributed by atoms with Crippen LogP contribution < -0.4 is 9.30 Å². The van der Waals surface area contributed by atoms with Gasteiger partial charge in [0.1, 0.15) is 17.3 Å². The Bertz CT molecular complexity index is 3290. The van der Waals surface area contributed by atoms with Gasteiger partial charge in [-0.1, -0.05) is 164 Å². The number of rotatable bonds is 11. The zero-order valence-corrected chi connectivity index (χ0v) is 38.5. The van der Waals surface area contributed by atoms with Gasteiger partial charge in [0.05, 0.1) is 33.4 Å². The van der Waals surface area contributed by atoms with Crippen LogP contribution in [-0.2, 0) is 18.3 Å². The lowest BCUT2D eigenvalue weighted by Crippen LogP contribution is -2.31. The van der Waals surface area contributed by atoms with Crippen molar-refractivity contribution in [3.63, 3.8) is 0 Å². The number of pyridine rings is 1. The molecule has 5 heteroatoms. The van der Waals surface area contributed by atoms with Gasteiger partial charge in [-0.15, -0.1) is 0 Å². The number of imidazole rings is 1. The van der Waals surface area contributed by atoms with Gasteiger partial charge in [0.15, 0.2) is 0 Å². The summed E-state index contributed by atoms with van der Waals surface area (Å²) in [4.78, 5) is 4.89. The second kappa shape index (κ2) is 17.0. The third kappa shape index (κ3) is 8.24. The first kappa shape index (κ1) is 41.8. The minimum absolute atomic E-state index is 0.0125. The number of benzene rings is 7. The van der Waals surface area contributed by atoms with Crippen molar-refractivity contribution in [2.24, 2.45) is 11.8 Å². The van der Waals surface area contributed by atoms with E-state index in [1.54, 1.807) is 0 Å². The van der Waals surface area contributed by atoms with Gasteiger partial charge in [0, 0.05) is 23.0 Å². The van der Waals surface area contributed by atoms with Crippen molar-refractivity contribution in [3.05, 3.63) is 199 Å². The molecule has 5 nitrogen and oxygen atoms in total. The van der Waals surface area contributed by atoms with Crippen molar-refractivity contribution in [3.8, 4) is 50.9 Å². The molecule has 7 aromatic carbocycles. The molecular weight excluding hydrogens is 793 g/mol. The maximum absolute atomic E-state index is 6.78. The molecule has 0 saturated carbocycles. The summed E-state index contributed by atoms with van der Waals surface area (Å²) in [5.41, 5.74) is 14.9. The third-order valence-corrected chi connectivity index (χ3v) is 12.4. The third-order valence-electron chi connectivity index (χ3n) is 12.4. The van der Waals surface area contributed by atoms with Crippen LogP contribution in [0.2, 0.25) is 0 Å². The number of hydrogen-bond acceptors (Lipinski definition) is 2. The van der Waals surface area contributed by atoms with Crippen LogP contribution >= 0.6 is 0 Å². The molecule has 10 rings (SSSR count). The van der Waals surface area contributed by atoms with Crippen LogP contribution in [0, 0.1) is 18.2 Å². The topological polar surface area (TPSA) is 35.9 Å². The molecule has 10 aromatic rings. The second-order valence-electron chi connectivity index (χ2n) is 19.3. The van der Waals surface area contributed by atoms with E-state index in [0.717, 1.165) is 80.1 Å². The first-order valence-electron chi connectivity index (χ1n) is 23.0. The Balaban J connectivity index is 1.09. The summed E-state index contributed by atoms with van der Waals surface area (Å²) in [6, 6.07) is 61.1. The zero-order valence-electron chi connectivity index (χ0n) is 38.5. The summed E-state index contributed by atoms with van der Waals surface area (Å²) in [6.45, 7) is 15.9. The smallest absolute Gasteiger partial charge is 0.269 e. The van der Waals surface area contributed by atoms with Crippen molar-refractivity contribution in [2.45, 2.75) is 66.7 Å². The van der Waals surface area contributed by atoms with Crippen LogP contribution in [0.1, 0.15) is 65.2 Å². The molecule has 0 aliphatic rings. The minimum Gasteiger partial charge on any atom is -0.458 e. The lowest BCUT2D eigenvalue weighted by molar-refractivity contribution is -0.571. The van der Waals surface area contributed by atoms with Crippen LogP contribution in [0.4, 0.5) is 0 Å². The van der Waals surface area contributed by atoms with Crippen molar-refractivity contribution in [1.29, 1.82) is 0 Å². The maximum atomic E-state index is 6.78. The van der Waals surface area contributed by atoms with Crippen molar-refractivity contribution in [2.75, 3.05) is 0 Å². The first-order valence-corrected chi connectivity index (χ1v) is 23.0. The average Bonchev–Trinajstić information content (AvgIpc) is 3.84. The molecule has 3 heterocycles. The van der Waals surface area contributed by atoms with E-state index in [2.05, 4.69) is 232 Å². The highest BCUT2D eigenvalue weighted by molar-refractivity contribution is 6.09. The molecule has 0 saturated heterocycles. The quantitative estimate of drug-likeness (QED) is 0.0960. The predicted octanol–water partition coefficient (Wildman–Crippen LogP) is 15.0. The molecule has 0 spiro atoms. The summed E-state index contributed by atoms with van der Waals surface area (Å²) in [6.07, 6.45) is 7.85. The van der Waals surface area contributed by atoms with E-state index >= 15 is 0 Å². The molecule has 0 amide bonds. The summed E-state index contributed by atoms with van der Waals surface area (Å²) in [5, 5.41) is 2.33. The van der Waals surface area contributed by atoms with Gasteiger partial charge in [-0.25, -0.2) is 4.98 Å². The van der Waals surface area contributed by atoms with E-state index in [0.29, 0.717) is 11.8 Å². The summed E-state index contributed by atoms with van der Waals surface area (Å²) in [5.74, 6) is 3.49. The Morgan fingerprint density at radius 1 is 0.569 bits per heavy atom. The monoisotopic (exact) mass is 848 g/mol. The largest absolute Gasteiger partial charge is 0.458 e. The lowest BCUT2D eigenvalue weighted by Gasteiger charge is -2.20. The highest BCUT2D eigenvalue weighted by Gasteiger charge is 2.22. The summed E-state index contributed by atoms with van der Waals surface area (Å²) < 4.78 is 13.5. The minimum atomic E-state index is -0.0125. The zero-order chi connectivity index (χ0) is 44.8. The molecule has 65 heavy (non-hydrogen) atoms. The number of fused-ring (bicyclic) bond motifs is 4. The second-order valence-corrected chi connectivity index (χ2v) is 19.3. The fraction of sp³-hybridized carbons (Fsp3) is 0.200. The molecule has 0 aliphatic heterocycles. The van der Waals surface area contributed by atoms with Crippen LogP contribution in [0.25, 0.3) is 72.3 Å². The van der Waals surface area contributed by atoms with Gasteiger partial charge in [-0.3, -0.25) is 13.7 Å². The molecule has 0 atom stereocenters. The number of nitrogens with zero attached hydrogens (tertiary/aromatic N) is 4. The number of para-hydroxylation sites is 4. The first-order chi connectivity index (χ1) is 31.5. The van der Waals surface area contributed by atoms with E-state index in [4.69, 9.17) is 9.72 Å². The van der Waals surface area contributed by atoms with E-state index in [9.17, 15) is 0 Å². The van der Waals surface area contributed by atoms with Crippen molar-refractivity contribution < 1.29 is 9.30 Å². The molecule has 0 bridgehead atoms. The number of ether oxygens (including phenoxy) is 1. The van der Waals surface area contributed by atoms with Crippen LogP contribution in [0.5, 0.6) is 11.5 Å². The van der Waals surface area contributed by atoms with Crippen LogP contribution in [-0.4, -0.2) is 14.1 Å². The van der Waals surface area contributed by atoms with Gasteiger partial charge < -0.3 is 4.74 Å². The predicted molar refractivity (Wildman–Crippen MR) is 269 cm³/mol. The molecular formula is C60H56N4O. The summed E-state index contributed by atoms with van der Waals surface area (Å²) >= 11 is 0. The van der Waals surface area contributed by atoms with Gasteiger partial charge in [-0.05, 0) is 118 Å². The van der Waals surface area contributed by atoms with E-state index in [1.165, 1.54) is 33.2 Å². The van der Waals surface area contributed by atoms with E-state index in [1.807, 2.05) is 12.3 Å². The van der Waals surface area contributed by atoms with E-state index in [-0.39, 0.29) is 5.41 Å². The Kier molecular flexibility index (Phi) is 10.9. The van der Waals surface area contributed by atoms with E-state index < -0.39 is 0 Å². The van der Waals surface area contributed by atoms with Gasteiger partial charge in [0.25, 0.3) is 6.33 Å². The Hall–Kier alpha value is -7.24. The van der Waals surface area contributed by atoms with Gasteiger partial charge in [0.2, 0.25) is 0 Å². The van der Waals surface area contributed by atoms with Crippen molar-refractivity contribution in [1.82, 2.24) is 14.1 Å². The highest BCUT2D eigenvalue weighted by Crippen LogP contribution is 2.38. The Morgan fingerprint density at radius 3 is 1.88 bits per heavy atom. The molecule has 0 radical (unpaired) electrons. The molecule has 0 unspecified atom stereocenters. The summed E-state index contributed by atoms with van der Waals surface area (Å²) in [7, 11) is 0. The SMILES string of the molecule is CC(C)Cc1cccc(-c2cccc(-c3cccc(CC(C)C)c3)c2-[n+]2[c-]n(-c3cccc(Oc4ccc5c6ccccc6n(-c6cc(C(C)(C)C)ccn6)c5c4)c3)c3ccccc32)c1. The molecule has 0 aliphatic carbocycles. The molecule has 0 N–H and O–H groups in total. The van der Waals surface area contributed by atoms with Crippen molar-refractivity contribution >= 4 is 32.8 Å². The Morgan fingerprint density at radius 2 is 1.18 bits per heavy atom. The molecule has 322 valence electrons. The van der Waals surface area contributed by atoms with Gasteiger partial charge >= 0.3 is 0 Å². The number of aromatic nitrogens is 4. The lowest BCUT2D eigenvalue weighted by atomic mass is 9.88. The fourth-order valence-electron chi connectivity index (χ4n) is 9.43. The molecule has 3 aromatic heterocycles. The fourth-order valence-corrected chi connectivity index (χ4v) is 9.43. The normalized spacial score (nSPS) is 12.0. The molecule has 0 fully saturated rings. The maximum Gasteiger partial charge on any atom is 0.269 e. The average molecular weight is 849 g/mol. The van der Waals surface area contributed by atoms with Crippen LogP contribution in [0.15, 0.2) is 176 Å².